The molecule has 8 nitrogen and oxygen atoms in total. The van der Waals surface area contributed by atoms with Gasteiger partial charge in [0.1, 0.15) is 17.2 Å². The second-order valence-electron chi connectivity index (χ2n) is 6.60. The van der Waals surface area contributed by atoms with Crippen LogP contribution in [0.3, 0.4) is 0 Å². The highest BCUT2D eigenvalue weighted by Gasteiger charge is 2.26. The third-order valence-corrected chi connectivity index (χ3v) is 2.03. The normalized spacial score (nSPS) is 12.9. The molecule has 0 aromatic heterocycles. The number of rotatable bonds is 4. The molecule has 0 rings (SSSR count). The highest BCUT2D eigenvalue weighted by molar-refractivity contribution is 5.82. The Balaban J connectivity index is 4.57. The van der Waals surface area contributed by atoms with Crippen LogP contribution in [0.2, 0.25) is 0 Å². The summed E-state index contributed by atoms with van der Waals surface area (Å²) in [5.74, 6) is -0.707. The van der Waals surface area contributed by atoms with Crippen molar-refractivity contribution in [1.82, 2.24) is 10.6 Å². The molecule has 0 spiro atoms. The molecular formula is C14H26N2O6. The van der Waals surface area contributed by atoms with Crippen LogP contribution >= 0.6 is 0 Å². The fraction of sp³-hybridized carbons (Fsp3) is 0.786. The topological polar surface area (TPSA) is 103 Å². The van der Waals surface area contributed by atoms with E-state index in [0.29, 0.717) is 0 Å². The molecule has 0 aromatic rings. The summed E-state index contributed by atoms with van der Waals surface area (Å²) < 4.78 is 14.7. The molecule has 22 heavy (non-hydrogen) atoms. The maximum absolute atomic E-state index is 11.7. The first-order valence-electron chi connectivity index (χ1n) is 6.88. The van der Waals surface area contributed by atoms with Crippen LogP contribution in [0.15, 0.2) is 0 Å². The molecule has 0 saturated carbocycles. The van der Waals surface area contributed by atoms with Crippen molar-refractivity contribution in [3.05, 3.63) is 0 Å². The Morgan fingerprint density at radius 1 is 0.909 bits per heavy atom. The maximum atomic E-state index is 11.7. The summed E-state index contributed by atoms with van der Waals surface area (Å²) in [4.78, 5) is 34.9. The predicted molar refractivity (Wildman–Crippen MR) is 79.4 cm³/mol. The summed E-state index contributed by atoms with van der Waals surface area (Å²) in [5.41, 5.74) is -1.37. The summed E-state index contributed by atoms with van der Waals surface area (Å²) in [6, 6.07) is -1.08. The van der Waals surface area contributed by atoms with Gasteiger partial charge in [0, 0.05) is 0 Å². The number of ether oxygens (including phenoxy) is 3. The summed E-state index contributed by atoms with van der Waals surface area (Å²) >= 11 is 0. The molecule has 8 heteroatoms. The second kappa shape index (κ2) is 7.86. The SMILES string of the molecule is COC(=O)[C@H](CNC(=O)OC(C)(C)C)NC(=O)OC(C)(C)C. The van der Waals surface area contributed by atoms with Crippen LogP contribution < -0.4 is 10.6 Å². The maximum Gasteiger partial charge on any atom is 0.408 e. The Hall–Kier alpha value is -1.99. The van der Waals surface area contributed by atoms with Gasteiger partial charge in [0.05, 0.1) is 13.7 Å². The van der Waals surface area contributed by atoms with Crippen molar-refractivity contribution >= 4 is 18.2 Å². The van der Waals surface area contributed by atoms with Crippen LogP contribution in [0.1, 0.15) is 41.5 Å². The number of hydrogen-bond acceptors (Lipinski definition) is 6. The number of amides is 2. The molecule has 0 radical (unpaired) electrons. The number of carbonyl (C=O) groups is 3. The molecule has 0 aliphatic carbocycles. The average molecular weight is 318 g/mol. The van der Waals surface area contributed by atoms with Crippen molar-refractivity contribution in [2.75, 3.05) is 13.7 Å². The van der Waals surface area contributed by atoms with Gasteiger partial charge in [-0.15, -0.1) is 0 Å². The van der Waals surface area contributed by atoms with Gasteiger partial charge in [-0.25, -0.2) is 14.4 Å². The van der Waals surface area contributed by atoms with E-state index >= 15 is 0 Å². The molecule has 0 aliphatic heterocycles. The van der Waals surface area contributed by atoms with Crippen molar-refractivity contribution in [2.24, 2.45) is 0 Å². The van der Waals surface area contributed by atoms with Gasteiger partial charge >= 0.3 is 18.2 Å². The molecule has 1 atom stereocenters. The van der Waals surface area contributed by atoms with Crippen molar-refractivity contribution in [3.63, 3.8) is 0 Å². The van der Waals surface area contributed by atoms with E-state index in [4.69, 9.17) is 9.47 Å². The molecule has 0 aliphatic rings. The van der Waals surface area contributed by atoms with Gasteiger partial charge in [0.2, 0.25) is 0 Å². The molecule has 0 fully saturated rings. The van der Waals surface area contributed by atoms with Crippen LogP contribution in [0.25, 0.3) is 0 Å². The van der Waals surface area contributed by atoms with Crippen molar-refractivity contribution < 1.29 is 28.6 Å². The van der Waals surface area contributed by atoms with E-state index in [1.807, 2.05) is 0 Å². The van der Waals surface area contributed by atoms with Crippen LogP contribution in [-0.4, -0.2) is 49.1 Å². The van der Waals surface area contributed by atoms with E-state index < -0.39 is 35.4 Å². The molecule has 2 N–H and O–H groups in total. The lowest BCUT2D eigenvalue weighted by Gasteiger charge is -2.23. The van der Waals surface area contributed by atoms with Crippen molar-refractivity contribution in [3.8, 4) is 0 Å². The standard InChI is InChI=1S/C14H26N2O6/c1-13(2,3)21-11(18)15-8-9(10(17)20-7)16-12(19)22-14(4,5)6/h9H,8H2,1-7H3,(H,15,18)(H,16,19)/t9-/m0/s1. The van der Waals surface area contributed by atoms with Gasteiger partial charge in [-0.2, -0.15) is 0 Å². The van der Waals surface area contributed by atoms with E-state index in [1.165, 1.54) is 7.11 Å². The number of nitrogens with one attached hydrogen (secondary N) is 2. The Labute approximate surface area is 130 Å². The van der Waals surface area contributed by atoms with E-state index in [0.717, 1.165) is 0 Å². The monoisotopic (exact) mass is 318 g/mol. The van der Waals surface area contributed by atoms with Crippen LogP contribution in [0, 0.1) is 0 Å². The Morgan fingerprint density at radius 2 is 1.36 bits per heavy atom. The summed E-state index contributed by atoms with van der Waals surface area (Å²) in [6.07, 6.45) is -1.48. The lowest BCUT2D eigenvalue weighted by molar-refractivity contribution is -0.142. The first kappa shape index (κ1) is 20.0. The highest BCUT2D eigenvalue weighted by Crippen LogP contribution is 2.08. The Morgan fingerprint density at radius 3 is 1.77 bits per heavy atom. The number of esters is 1. The third kappa shape index (κ3) is 9.84. The van der Waals surface area contributed by atoms with Crippen LogP contribution in [0.4, 0.5) is 9.59 Å². The van der Waals surface area contributed by atoms with Crippen molar-refractivity contribution in [2.45, 2.75) is 58.8 Å². The highest BCUT2D eigenvalue weighted by atomic mass is 16.6. The first-order valence-corrected chi connectivity index (χ1v) is 6.88. The minimum atomic E-state index is -1.08. The number of methoxy groups -OCH3 is 1. The quantitative estimate of drug-likeness (QED) is 0.602. The van der Waals surface area contributed by atoms with Gasteiger partial charge in [0.25, 0.3) is 0 Å². The molecule has 0 aromatic carbocycles. The lowest BCUT2D eigenvalue weighted by Crippen LogP contribution is -2.50. The average Bonchev–Trinajstić information content (AvgIpc) is 2.28. The van der Waals surface area contributed by atoms with Gasteiger partial charge in [-0.1, -0.05) is 0 Å². The largest absolute Gasteiger partial charge is 0.467 e. The molecule has 128 valence electrons. The van der Waals surface area contributed by atoms with E-state index in [1.54, 1.807) is 41.5 Å². The Bertz CT molecular complexity index is 409. The van der Waals surface area contributed by atoms with Gasteiger partial charge in [-0.3, -0.25) is 0 Å². The first-order chi connectivity index (χ1) is 9.84. The molecular weight excluding hydrogens is 292 g/mol. The fourth-order valence-electron chi connectivity index (χ4n) is 1.28. The minimum Gasteiger partial charge on any atom is -0.467 e. The second-order valence-corrected chi connectivity index (χ2v) is 6.60. The predicted octanol–water partition coefficient (Wildman–Crippen LogP) is 1.58. The summed E-state index contributed by atoms with van der Waals surface area (Å²) in [5, 5.41) is 4.73. The molecule has 0 unspecified atom stereocenters. The van der Waals surface area contributed by atoms with Crippen LogP contribution in [0.5, 0.6) is 0 Å². The lowest BCUT2D eigenvalue weighted by atomic mass is 10.2. The van der Waals surface area contributed by atoms with Gasteiger partial charge in [0.15, 0.2) is 0 Å². The zero-order valence-electron chi connectivity index (χ0n) is 14.2. The van der Waals surface area contributed by atoms with Crippen LogP contribution in [-0.2, 0) is 19.0 Å². The number of alkyl carbamates (subject to hydrolysis) is 2. The van der Waals surface area contributed by atoms with E-state index in [9.17, 15) is 14.4 Å². The number of hydrogen-bond donors (Lipinski definition) is 2. The zero-order chi connectivity index (χ0) is 17.6. The number of carbonyl (C=O) groups excluding carboxylic acids is 3. The Kier molecular flexibility index (Phi) is 7.15. The minimum absolute atomic E-state index is 0.180. The third-order valence-electron chi connectivity index (χ3n) is 2.03. The summed E-state index contributed by atoms with van der Waals surface area (Å²) in [6.45, 7) is 10.0. The van der Waals surface area contributed by atoms with Gasteiger partial charge in [-0.05, 0) is 41.5 Å². The van der Waals surface area contributed by atoms with Crippen molar-refractivity contribution in [1.29, 1.82) is 0 Å². The van der Waals surface area contributed by atoms with E-state index in [-0.39, 0.29) is 6.54 Å². The molecule has 0 heterocycles. The molecule has 2 amide bonds. The molecule has 0 saturated heterocycles. The summed E-state index contributed by atoms with van der Waals surface area (Å²) in [7, 11) is 1.18. The zero-order valence-corrected chi connectivity index (χ0v) is 14.2. The van der Waals surface area contributed by atoms with E-state index in [2.05, 4.69) is 15.4 Å². The fourth-order valence-corrected chi connectivity index (χ4v) is 1.28. The molecule has 0 bridgehead atoms. The van der Waals surface area contributed by atoms with Gasteiger partial charge < -0.3 is 24.8 Å². The smallest absolute Gasteiger partial charge is 0.408 e.